The van der Waals surface area contributed by atoms with Crippen molar-refractivity contribution in [2.75, 3.05) is 0 Å². The van der Waals surface area contributed by atoms with Crippen LogP contribution in [0.3, 0.4) is 0 Å². The van der Waals surface area contributed by atoms with Crippen LogP contribution in [0.1, 0.15) is 27.8 Å². The molecule has 31 heavy (non-hydrogen) atoms. The van der Waals surface area contributed by atoms with Gasteiger partial charge in [0.15, 0.2) is 0 Å². The fraction of sp³-hybridized carbons (Fsp3) is 0.160. The molecule has 0 heterocycles. The van der Waals surface area contributed by atoms with Crippen LogP contribution in [0.4, 0.5) is 0 Å². The van der Waals surface area contributed by atoms with Crippen molar-refractivity contribution in [1.82, 2.24) is 10.7 Å². The summed E-state index contributed by atoms with van der Waals surface area (Å²) in [7, 11) is 0. The molecular formula is C25H25N3O3. The lowest BCUT2D eigenvalue weighted by Gasteiger charge is -2.07. The average molecular weight is 415 g/mol. The van der Waals surface area contributed by atoms with Gasteiger partial charge >= 0.3 is 11.8 Å². The largest absolute Gasteiger partial charge is 0.489 e. The summed E-state index contributed by atoms with van der Waals surface area (Å²) in [6.07, 6.45) is 1.46. The van der Waals surface area contributed by atoms with Crippen LogP contribution < -0.4 is 15.5 Å². The smallest absolute Gasteiger partial charge is 0.329 e. The molecule has 0 aliphatic carbocycles. The summed E-state index contributed by atoms with van der Waals surface area (Å²) < 4.78 is 5.81. The van der Waals surface area contributed by atoms with Gasteiger partial charge in [-0.2, -0.15) is 5.10 Å². The molecule has 158 valence electrons. The SMILES string of the molecule is Cc1ccc(CNC(=O)C(=O)N/N=C\c2cccc(OCc3ccc(C)cc3)c2)cc1. The van der Waals surface area contributed by atoms with Gasteiger partial charge in [0, 0.05) is 6.54 Å². The minimum atomic E-state index is -0.824. The van der Waals surface area contributed by atoms with E-state index in [2.05, 4.69) is 15.8 Å². The Morgan fingerprint density at radius 3 is 2.19 bits per heavy atom. The fourth-order valence-electron chi connectivity index (χ4n) is 2.72. The molecule has 0 spiro atoms. The van der Waals surface area contributed by atoms with Gasteiger partial charge in [-0.05, 0) is 42.7 Å². The lowest BCUT2D eigenvalue weighted by Crippen LogP contribution is -2.37. The number of hydrogen-bond acceptors (Lipinski definition) is 4. The number of amides is 2. The number of hydrazone groups is 1. The summed E-state index contributed by atoms with van der Waals surface area (Å²) in [5.41, 5.74) is 7.30. The highest BCUT2D eigenvalue weighted by atomic mass is 16.5. The third-order valence-electron chi connectivity index (χ3n) is 4.54. The Labute approximate surface area is 182 Å². The zero-order valence-corrected chi connectivity index (χ0v) is 17.6. The second-order valence-electron chi connectivity index (χ2n) is 7.21. The van der Waals surface area contributed by atoms with Gasteiger partial charge in [0.1, 0.15) is 12.4 Å². The number of carbonyl (C=O) groups excluding carboxylic acids is 2. The molecule has 0 atom stereocenters. The number of ether oxygens (including phenoxy) is 1. The van der Waals surface area contributed by atoms with Gasteiger partial charge in [-0.15, -0.1) is 0 Å². The lowest BCUT2D eigenvalue weighted by molar-refractivity contribution is -0.139. The van der Waals surface area contributed by atoms with Gasteiger partial charge in [0.2, 0.25) is 0 Å². The van der Waals surface area contributed by atoms with Gasteiger partial charge in [-0.25, -0.2) is 5.43 Å². The molecule has 0 radical (unpaired) electrons. The molecule has 0 bridgehead atoms. The van der Waals surface area contributed by atoms with Crippen molar-refractivity contribution in [3.05, 3.63) is 101 Å². The van der Waals surface area contributed by atoms with Crippen LogP contribution in [0.15, 0.2) is 77.9 Å². The van der Waals surface area contributed by atoms with E-state index in [1.165, 1.54) is 11.8 Å². The molecular weight excluding hydrogens is 390 g/mol. The highest BCUT2D eigenvalue weighted by Crippen LogP contribution is 2.14. The first-order chi connectivity index (χ1) is 15.0. The standard InChI is InChI=1S/C25H25N3O3/c1-18-6-10-20(11-7-18)15-26-24(29)25(30)28-27-16-22-4-3-5-23(14-22)31-17-21-12-8-19(2)9-13-21/h3-14,16H,15,17H2,1-2H3,(H,26,29)(H,28,30)/b27-16-. The van der Waals surface area contributed by atoms with E-state index < -0.39 is 11.8 Å². The fourth-order valence-corrected chi connectivity index (χ4v) is 2.72. The van der Waals surface area contributed by atoms with Gasteiger partial charge in [-0.1, -0.05) is 71.8 Å². The Bertz CT molecular complexity index is 1060. The first kappa shape index (κ1) is 21.8. The molecule has 3 aromatic carbocycles. The summed E-state index contributed by atoms with van der Waals surface area (Å²) in [6.45, 7) is 4.76. The summed E-state index contributed by atoms with van der Waals surface area (Å²) in [5.74, 6) is -0.880. The summed E-state index contributed by atoms with van der Waals surface area (Å²) in [5, 5.41) is 6.42. The predicted molar refractivity (Wildman–Crippen MR) is 121 cm³/mol. The molecule has 3 rings (SSSR count). The van der Waals surface area contributed by atoms with Gasteiger partial charge < -0.3 is 10.1 Å². The summed E-state index contributed by atoms with van der Waals surface area (Å²) in [6, 6.07) is 23.2. The second-order valence-corrected chi connectivity index (χ2v) is 7.21. The van der Waals surface area contributed by atoms with Crippen LogP contribution in [-0.2, 0) is 22.7 Å². The first-order valence-electron chi connectivity index (χ1n) is 9.95. The second kappa shape index (κ2) is 10.7. The van der Waals surface area contributed by atoms with Gasteiger partial charge in [0.25, 0.3) is 0 Å². The lowest BCUT2D eigenvalue weighted by atomic mass is 10.1. The molecule has 0 saturated heterocycles. The Morgan fingerprint density at radius 1 is 0.871 bits per heavy atom. The number of nitrogens with one attached hydrogen (secondary N) is 2. The molecule has 0 fully saturated rings. The van der Waals surface area contributed by atoms with E-state index in [0.717, 1.165) is 22.3 Å². The molecule has 2 amide bonds. The maximum Gasteiger partial charge on any atom is 0.329 e. The Kier molecular flexibility index (Phi) is 7.54. The van der Waals surface area contributed by atoms with E-state index in [1.807, 2.05) is 80.6 Å². The van der Waals surface area contributed by atoms with Crippen molar-refractivity contribution in [3.8, 4) is 5.75 Å². The topological polar surface area (TPSA) is 79.8 Å². The normalized spacial score (nSPS) is 10.6. The minimum Gasteiger partial charge on any atom is -0.489 e. The number of nitrogens with zero attached hydrogens (tertiary/aromatic N) is 1. The number of rotatable bonds is 7. The average Bonchev–Trinajstić information content (AvgIpc) is 2.78. The van der Waals surface area contributed by atoms with Crippen molar-refractivity contribution in [3.63, 3.8) is 0 Å². The Hall–Kier alpha value is -3.93. The van der Waals surface area contributed by atoms with Crippen molar-refractivity contribution in [2.45, 2.75) is 27.0 Å². The molecule has 6 nitrogen and oxygen atoms in total. The predicted octanol–water partition coefficient (Wildman–Crippen LogP) is 3.65. The highest BCUT2D eigenvalue weighted by molar-refractivity contribution is 6.35. The van der Waals surface area contributed by atoms with Crippen LogP contribution in [0.5, 0.6) is 5.75 Å². The minimum absolute atomic E-state index is 0.274. The molecule has 0 saturated carbocycles. The molecule has 0 unspecified atom stereocenters. The van der Waals surface area contributed by atoms with Crippen LogP contribution in [0, 0.1) is 13.8 Å². The molecule has 2 N–H and O–H groups in total. The molecule has 0 aliphatic rings. The van der Waals surface area contributed by atoms with Crippen LogP contribution in [0.2, 0.25) is 0 Å². The molecule has 0 aliphatic heterocycles. The first-order valence-corrected chi connectivity index (χ1v) is 9.95. The van der Waals surface area contributed by atoms with Crippen LogP contribution in [0.25, 0.3) is 0 Å². The number of hydrogen-bond donors (Lipinski definition) is 2. The quantitative estimate of drug-likeness (QED) is 0.351. The van der Waals surface area contributed by atoms with E-state index in [0.29, 0.717) is 12.4 Å². The van der Waals surface area contributed by atoms with E-state index in [9.17, 15) is 9.59 Å². The van der Waals surface area contributed by atoms with Gasteiger partial charge in [0.05, 0.1) is 6.21 Å². The molecule has 3 aromatic rings. The van der Waals surface area contributed by atoms with Crippen molar-refractivity contribution < 1.29 is 14.3 Å². The summed E-state index contributed by atoms with van der Waals surface area (Å²) in [4.78, 5) is 23.8. The number of carbonyl (C=O) groups is 2. The Balaban J connectivity index is 1.46. The number of aryl methyl sites for hydroxylation is 2. The third-order valence-corrected chi connectivity index (χ3v) is 4.54. The third kappa shape index (κ3) is 7.12. The van der Waals surface area contributed by atoms with E-state index >= 15 is 0 Å². The summed E-state index contributed by atoms with van der Waals surface area (Å²) >= 11 is 0. The van der Waals surface area contributed by atoms with E-state index in [-0.39, 0.29) is 6.54 Å². The zero-order chi connectivity index (χ0) is 22.1. The molecule has 6 heteroatoms. The van der Waals surface area contributed by atoms with Gasteiger partial charge in [-0.3, -0.25) is 9.59 Å². The Morgan fingerprint density at radius 2 is 1.52 bits per heavy atom. The zero-order valence-electron chi connectivity index (χ0n) is 17.6. The van der Waals surface area contributed by atoms with Crippen LogP contribution >= 0.6 is 0 Å². The maximum absolute atomic E-state index is 11.9. The monoisotopic (exact) mass is 415 g/mol. The van der Waals surface area contributed by atoms with E-state index in [1.54, 1.807) is 6.07 Å². The highest BCUT2D eigenvalue weighted by Gasteiger charge is 2.11. The van der Waals surface area contributed by atoms with Crippen molar-refractivity contribution in [2.24, 2.45) is 5.10 Å². The van der Waals surface area contributed by atoms with Crippen molar-refractivity contribution in [1.29, 1.82) is 0 Å². The van der Waals surface area contributed by atoms with Crippen molar-refractivity contribution >= 4 is 18.0 Å². The number of benzene rings is 3. The maximum atomic E-state index is 11.9. The van der Waals surface area contributed by atoms with Crippen LogP contribution in [-0.4, -0.2) is 18.0 Å². The molecule has 0 aromatic heterocycles. The van der Waals surface area contributed by atoms with E-state index in [4.69, 9.17) is 4.74 Å².